The first kappa shape index (κ1) is 17.2. The summed E-state index contributed by atoms with van der Waals surface area (Å²) in [5.41, 5.74) is 0. The van der Waals surface area contributed by atoms with Crippen LogP contribution in [0.1, 0.15) is 32.6 Å². The minimum atomic E-state index is -4.30. The van der Waals surface area contributed by atoms with Gasteiger partial charge in [0.25, 0.3) is 0 Å². The van der Waals surface area contributed by atoms with Crippen LogP contribution < -0.4 is 5.32 Å². The van der Waals surface area contributed by atoms with Gasteiger partial charge in [-0.2, -0.15) is 13.2 Å². The van der Waals surface area contributed by atoms with Gasteiger partial charge in [0, 0.05) is 19.6 Å². The van der Waals surface area contributed by atoms with Crippen molar-refractivity contribution in [3.05, 3.63) is 0 Å². The Morgan fingerprint density at radius 1 is 1.25 bits per heavy atom. The maximum Gasteiger partial charge on any atom is 0.411 e. The maximum atomic E-state index is 12.1. The van der Waals surface area contributed by atoms with Crippen molar-refractivity contribution in [3.8, 4) is 0 Å². The van der Waals surface area contributed by atoms with E-state index in [1.807, 2.05) is 4.90 Å². The number of ether oxygens (including phenoxy) is 1. The van der Waals surface area contributed by atoms with E-state index in [1.54, 1.807) is 6.92 Å². The van der Waals surface area contributed by atoms with Gasteiger partial charge in [0.15, 0.2) is 0 Å². The molecule has 0 spiro atoms. The van der Waals surface area contributed by atoms with E-state index in [0.717, 1.165) is 38.8 Å². The molecule has 0 saturated carbocycles. The Morgan fingerprint density at radius 2 is 1.85 bits per heavy atom. The maximum absolute atomic E-state index is 12.1. The van der Waals surface area contributed by atoms with Crippen molar-refractivity contribution in [2.45, 2.75) is 44.8 Å². The van der Waals surface area contributed by atoms with Crippen molar-refractivity contribution in [1.82, 2.24) is 10.2 Å². The van der Waals surface area contributed by atoms with Crippen molar-refractivity contribution in [3.63, 3.8) is 0 Å². The topological polar surface area (TPSA) is 41.6 Å². The van der Waals surface area contributed by atoms with E-state index in [4.69, 9.17) is 0 Å². The number of nitrogens with zero attached hydrogens (tertiary/aromatic N) is 1. The van der Waals surface area contributed by atoms with E-state index in [1.165, 1.54) is 0 Å². The molecule has 20 heavy (non-hydrogen) atoms. The molecule has 1 saturated heterocycles. The number of amides is 1. The van der Waals surface area contributed by atoms with Gasteiger partial charge in [0.05, 0.1) is 12.6 Å². The van der Waals surface area contributed by atoms with Gasteiger partial charge in [-0.25, -0.2) is 0 Å². The van der Waals surface area contributed by atoms with Crippen LogP contribution in [-0.2, 0) is 9.53 Å². The number of carbonyl (C=O) groups excluding carboxylic acids is 1. The molecule has 1 rings (SSSR count). The average molecular weight is 296 g/mol. The van der Waals surface area contributed by atoms with Crippen LogP contribution >= 0.6 is 0 Å². The number of carbonyl (C=O) groups is 1. The predicted molar refractivity (Wildman–Crippen MR) is 69.4 cm³/mol. The lowest BCUT2D eigenvalue weighted by Gasteiger charge is -2.24. The zero-order valence-corrected chi connectivity index (χ0v) is 11.8. The van der Waals surface area contributed by atoms with Crippen molar-refractivity contribution >= 4 is 5.91 Å². The van der Waals surface area contributed by atoms with Gasteiger partial charge in [-0.15, -0.1) is 0 Å². The molecule has 1 aliphatic heterocycles. The number of hydrogen-bond donors (Lipinski definition) is 1. The Bertz CT molecular complexity index is 290. The first-order valence-corrected chi connectivity index (χ1v) is 7.07. The summed E-state index contributed by atoms with van der Waals surface area (Å²) in [4.78, 5) is 14.0. The van der Waals surface area contributed by atoms with Gasteiger partial charge in [0.2, 0.25) is 5.91 Å². The third kappa shape index (κ3) is 7.09. The van der Waals surface area contributed by atoms with Crippen LogP contribution in [0, 0.1) is 0 Å². The van der Waals surface area contributed by atoms with Crippen LogP contribution in [0.3, 0.4) is 0 Å². The minimum Gasteiger partial charge on any atom is -0.371 e. The molecule has 0 radical (unpaired) electrons. The largest absolute Gasteiger partial charge is 0.411 e. The van der Waals surface area contributed by atoms with Crippen LogP contribution in [0.2, 0.25) is 0 Å². The zero-order chi connectivity index (χ0) is 15.0. The Morgan fingerprint density at radius 3 is 2.40 bits per heavy atom. The summed E-state index contributed by atoms with van der Waals surface area (Å²) >= 11 is 0. The smallest absolute Gasteiger partial charge is 0.371 e. The first-order valence-electron chi connectivity index (χ1n) is 7.07. The number of alkyl halides is 3. The molecule has 7 heteroatoms. The molecule has 0 aromatic rings. The van der Waals surface area contributed by atoms with Crippen molar-refractivity contribution in [1.29, 1.82) is 0 Å². The monoisotopic (exact) mass is 296 g/mol. The fraction of sp³-hybridized carbons (Fsp3) is 0.923. The van der Waals surface area contributed by atoms with E-state index in [9.17, 15) is 18.0 Å². The van der Waals surface area contributed by atoms with Gasteiger partial charge in [-0.1, -0.05) is 12.8 Å². The molecule has 118 valence electrons. The van der Waals surface area contributed by atoms with Gasteiger partial charge in [0.1, 0.15) is 6.61 Å². The summed E-state index contributed by atoms with van der Waals surface area (Å²) in [6, 6.07) is -0.386. The van der Waals surface area contributed by atoms with Crippen LogP contribution in [0.5, 0.6) is 0 Å². The third-order valence-electron chi connectivity index (χ3n) is 3.25. The second-order valence-corrected chi connectivity index (χ2v) is 5.08. The molecule has 1 unspecified atom stereocenters. The summed E-state index contributed by atoms with van der Waals surface area (Å²) in [7, 11) is 0. The molecule has 0 aliphatic carbocycles. The highest BCUT2D eigenvalue weighted by molar-refractivity contribution is 5.81. The summed E-state index contributed by atoms with van der Waals surface area (Å²) in [6.45, 7) is 2.21. The summed E-state index contributed by atoms with van der Waals surface area (Å²) in [5, 5.41) is 2.90. The Kier molecular flexibility index (Phi) is 7.29. The lowest BCUT2D eigenvalue weighted by molar-refractivity contribution is -0.173. The SMILES string of the molecule is CC(NCCOCC(F)(F)F)C(=O)N1CCCCCC1. The molecule has 4 nitrogen and oxygen atoms in total. The molecular formula is C13H23F3N2O2. The highest BCUT2D eigenvalue weighted by atomic mass is 19.4. The first-order chi connectivity index (χ1) is 9.40. The van der Waals surface area contributed by atoms with Gasteiger partial charge in [-0.05, 0) is 19.8 Å². The summed E-state index contributed by atoms with van der Waals surface area (Å²) in [5.74, 6) is 0.0164. The standard InChI is InChI=1S/C13H23F3N2O2/c1-11(17-6-9-20-10-13(14,15)16)12(19)18-7-4-2-3-5-8-18/h11,17H,2-10H2,1H3. The highest BCUT2D eigenvalue weighted by Crippen LogP contribution is 2.14. The van der Waals surface area contributed by atoms with Gasteiger partial charge >= 0.3 is 6.18 Å². The number of hydrogen-bond acceptors (Lipinski definition) is 3. The lowest BCUT2D eigenvalue weighted by Crippen LogP contribution is -2.46. The molecule has 1 N–H and O–H groups in total. The van der Waals surface area contributed by atoms with Crippen molar-refractivity contribution in [2.24, 2.45) is 0 Å². The fourth-order valence-corrected chi connectivity index (χ4v) is 2.19. The van der Waals surface area contributed by atoms with E-state index in [0.29, 0.717) is 0 Å². The lowest BCUT2D eigenvalue weighted by atomic mass is 10.2. The number of rotatable bonds is 6. The van der Waals surface area contributed by atoms with E-state index in [-0.39, 0.29) is 25.1 Å². The summed E-state index contributed by atoms with van der Waals surface area (Å²) < 4.78 is 40.0. The second-order valence-electron chi connectivity index (χ2n) is 5.08. The normalized spacial score (nSPS) is 18.7. The quantitative estimate of drug-likeness (QED) is 0.762. The second kappa shape index (κ2) is 8.46. The van der Waals surface area contributed by atoms with Crippen LogP contribution in [0.15, 0.2) is 0 Å². The summed E-state index contributed by atoms with van der Waals surface area (Å²) in [6.07, 6.45) is 0.0432. The Hall–Kier alpha value is -0.820. The Balaban J connectivity index is 2.17. The average Bonchev–Trinajstić information content (AvgIpc) is 2.64. The molecule has 0 bridgehead atoms. The molecule has 1 fully saturated rings. The molecule has 0 aromatic carbocycles. The van der Waals surface area contributed by atoms with E-state index < -0.39 is 12.8 Å². The van der Waals surface area contributed by atoms with Crippen LogP contribution in [0.4, 0.5) is 13.2 Å². The molecule has 1 atom stereocenters. The van der Waals surface area contributed by atoms with E-state index >= 15 is 0 Å². The van der Waals surface area contributed by atoms with Crippen molar-refractivity contribution in [2.75, 3.05) is 32.8 Å². The van der Waals surface area contributed by atoms with Crippen LogP contribution in [-0.4, -0.2) is 55.9 Å². The molecule has 1 aliphatic rings. The number of nitrogens with one attached hydrogen (secondary N) is 1. The third-order valence-corrected chi connectivity index (χ3v) is 3.25. The van der Waals surface area contributed by atoms with E-state index in [2.05, 4.69) is 10.1 Å². The minimum absolute atomic E-state index is 0.0164. The predicted octanol–water partition coefficient (Wildman–Crippen LogP) is 1.95. The fourth-order valence-electron chi connectivity index (χ4n) is 2.19. The number of likely N-dealkylation sites (tertiary alicyclic amines) is 1. The Labute approximate surface area is 117 Å². The molecular weight excluding hydrogens is 273 g/mol. The van der Waals surface area contributed by atoms with Gasteiger partial charge < -0.3 is 15.0 Å². The van der Waals surface area contributed by atoms with Gasteiger partial charge in [-0.3, -0.25) is 4.79 Å². The highest BCUT2D eigenvalue weighted by Gasteiger charge is 2.27. The molecule has 0 aromatic heterocycles. The zero-order valence-electron chi connectivity index (χ0n) is 11.8. The molecule has 1 amide bonds. The van der Waals surface area contributed by atoms with Crippen LogP contribution in [0.25, 0.3) is 0 Å². The van der Waals surface area contributed by atoms with Crippen molar-refractivity contribution < 1.29 is 22.7 Å². The molecule has 1 heterocycles. The number of halogens is 3.